The summed E-state index contributed by atoms with van der Waals surface area (Å²) in [5.41, 5.74) is 1.14. The largest absolute Gasteiger partial charge is 0.340 e. The van der Waals surface area contributed by atoms with Gasteiger partial charge in [-0.3, -0.25) is 4.79 Å². The highest BCUT2D eigenvalue weighted by molar-refractivity contribution is 7.99. The number of carbonyl (C=O) groups excluding carboxylic acids is 1. The Morgan fingerprint density at radius 3 is 3.04 bits per heavy atom. The standard InChI is InChI=1S/C14H13ClN6O2S/c1-9-18-12(20-23-9)5-24-6-13(22)19-11-4-2-3-10(15)14(11)21-8-16-7-17-21/h2-4,7-8H,5-6H2,1H3,(H,19,22). The van der Waals surface area contributed by atoms with Crippen molar-refractivity contribution >= 4 is 35.0 Å². The molecule has 1 amide bonds. The monoisotopic (exact) mass is 364 g/mol. The fourth-order valence-corrected chi connectivity index (χ4v) is 2.91. The van der Waals surface area contributed by atoms with E-state index in [1.807, 2.05) is 0 Å². The number of rotatable bonds is 6. The highest BCUT2D eigenvalue weighted by atomic mass is 35.5. The number of anilines is 1. The average Bonchev–Trinajstić information content (AvgIpc) is 3.19. The predicted molar refractivity (Wildman–Crippen MR) is 90.2 cm³/mol. The molecule has 1 aromatic carbocycles. The number of aromatic nitrogens is 5. The SMILES string of the molecule is Cc1nc(CSCC(=O)Nc2cccc(Cl)c2-n2cncn2)no1. The number of para-hydroxylation sites is 1. The molecule has 0 unspecified atom stereocenters. The number of thioether (sulfide) groups is 1. The van der Waals surface area contributed by atoms with E-state index in [1.165, 1.54) is 29.1 Å². The van der Waals surface area contributed by atoms with Crippen LogP contribution in [0.4, 0.5) is 5.69 Å². The summed E-state index contributed by atoms with van der Waals surface area (Å²) < 4.78 is 6.39. The maximum atomic E-state index is 12.2. The van der Waals surface area contributed by atoms with E-state index in [-0.39, 0.29) is 11.7 Å². The molecular weight excluding hydrogens is 352 g/mol. The van der Waals surface area contributed by atoms with Crippen LogP contribution in [0.15, 0.2) is 35.4 Å². The van der Waals surface area contributed by atoms with E-state index in [0.717, 1.165) is 0 Å². The van der Waals surface area contributed by atoms with Gasteiger partial charge in [-0.1, -0.05) is 22.8 Å². The quantitative estimate of drug-likeness (QED) is 0.717. The van der Waals surface area contributed by atoms with Gasteiger partial charge in [0, 0.05) is 6.92 Å². The molecule has 0 aliphatic carbocycles. The zero-order valence-electron chi connectivity index (χ0n) is 12.6. The summed E-state index contributed by atoms with van der Waals surface area (Å²) in [6.45, 7) is 1.72. The molecule has 0 spiro atoms. The maximum Gasteiger partial charge on any atom is 0.234 e. The van der Waals surface area contributed by atoms with E-state index in [1.54, 1.807) is 25.1 Å². The van der Waals surface area contributed by atoms with Gasteiger partial charge in [0.05, 0.1) is 22.2 Å². The Labute approximate surface area is 146 Å². The molecule has 1 N–H and O–H groups in total. The predicted octanol–water partition coefficient (Wildman–Crippen LogP) is 2.48. The Morgan fingerprint density at radius 1 is 1.46 bits per heavy atom. The molecule has 3 rings (SSSR count). The van der Waals surface area contributed by atoms with Gasteiger partial charge in [-0.25, -0.2) is 9.67 Å². The molecular formula is C14H13ClN6O2S. The molecule has 0 fully saturated rings. The van der Waals surface area contributed by atoms with Crippen LogP contribution in [0.3, 0.4) is 0 Å². The van der Waals surface area contributed by atoms with Crippen molar-refractivity contribution in [2.45, 2.75) is 12.7 Å². The van der Waals surface area contributed by atoms with Crippen LogP contribution in [0.2, 0.25) is 5.02 Å². The number of hydrogen-bond donors (Lipinski definition) is 1. The molecule has 8 nitrogen and oxygen atoms in total. The van der Waals surface area contributed by atoms with E-state index in [2.05, 4.69) is 25.5 Å². The van der Waals surface area contributed by atoms with E-state index in [4.69, 9.17) is 16.1 Å². The minimum absolute atomic E-state index is 0.163. The van der Waals surface area contributed by atoms with Crippen LogP contribution in [0.5, 0.6) is 0 Å². The van der Waals surface area contributed by atoms with Gasteiger partial charge in [0.15, 0.2) is 5.82 Å². The van der Waals surface area contributed by atoms with Crippen molar-refractivity contribution in [2.75, 3.05) is 11.1 Å². The van der Waals surface area contributed by atoms with Crippen LogP contribution in [0, 0.1) is 6.92 Å². The molecule has 0 bridgehead atoms. The van der Waals surface area contributed by atoms with Gasteiger partial charge in [0.25, 0.3) is 0 Å². The summed E-state index contributed by atoms with van der Waals surface area (Å²) in [7, 11) is 0. The van der Waals surface area contributed by atoms with E-state index in [9.17, 15) is 4.79 Å². The Kier molecular flexibility index (Phi) is 5.11. The second-order valence-electron chi connectivity index (χ2n) is 4.75. The zero-order chi connectivity index (χ0) is 16.9. The van der Waals surface area contributed by atoms with Gasteiger partial charge in [-0.2, -0.15) is 10.1 Å². The van der Waals surface area contributed by atoms with Crippen molar-refractivity contribution in [1.82, 2.24) is 24.9 Å². The summed E-state index contributed by atoms with van der Waals surface area (Å²) in [5.74, 6) is 1.65. The fourth-order valence-electron chi connectivity index (χ4n) is 1.99. The van der Waals surface area contributed by atoms with Crippen LogP contribution >= 0.6 is 23.4 Å². The molecule has 0 saturated heterocycles. The second-order valence-corrected chi connectivity index (χ2v) is 6.14. The molecule has 2 aromatic heterocycles. The number of hydrogen-bond acceptors (Lipinski definition) is 7. The van der Waals surface area contributed by atoms with E-state index >= 15 is 0 Å². The van der Waals surface area contributed by atoms with Crippen LogP contribution < -0.4 is 5.32 Å². The third-order valence-corrected chi connectivity index (χ3v) is 4.18. The minimum atomic E-state index is -0.163. The summed E-state index contributed by atoms with van der Waals surface area (Å²) >= 11 is 7.61. The van der Waals surface area contributed by atoms with Gasteiger partial charge in [-0.15, -0.1) is 11.8 Å². The molecule has 2 heterocycles. The first-order chi connectivity index (χ1) is 11.6. The van der Waals surface area contributed by atoms with Gasteiger partial charge >= 0.3 is 0 Å². The summed E-state index contributed by atoms with van der Waals surface area (Å²) in [5, 5.41) is 11.1. The second kappa shape index (κ2) is 7.45. The number of carbonyl (C=O) groups is 1. The molecule has 3 aromatic rings. The van der Waals surface area contributed by atoms with Crippen LogP contribution in [0.1, 0.15) is 11.7 Å². The van der Waals surface area contributed by atoms with Crippen LogP contribution in [-0.2, 0) is 10.5 Å². The van der Waals surface area contributed by atoms with Crippen LogP contribution in [0.25, 0.3) is 5.69 Å². The molecule has 0 aliphatic rings. The smallest absolute Gasteiger partial charge is 0.234 e. The van der Waals surface area contributed by atoms with E-state index in [0.29, 0.717) is 33.9 Å². The van der Waals surface area contributed by atoms with Crippen molar-refractivity contribution in [1.29, 1.82) is 0 Å². The summed E-state index contributed by atoms with van der Waals surface area (Å²) in [6.07, 6.45) is 2.92. The van der Waals surface area contributed by atoms with Gasteiger partial charge < -0.3 is 9.84 Å². The highest BCUT2D eigenvalue weighted by Crippen LogP contribution is 2.27. The Bertz CT molecular complexity index is 836. The van der Waals surface area contributed by atoms with Crippen molar-refractivity contribution in [2.24, 2.45) is 0 Å². The van der Waals surface area contributed by atoms with Crippen molar-refractivity contribution < 1.29 is 9.32 Å². The van der Waals surface area contributed by atoms with E-state index < -0.39 is 0 Å². The molecule has 0 atom stereocenters. The van der Waals surface area contributed by atoms with Crippen LogP contribution in [-0.4, -0.2) is 36.6 Å². The highest BCUT2D eigenvalue weighted by Gasteiger charge is 2.13. The average molecular weight is 365 g/mol. The lowest BCUT2D eigenvalue weighted by Gasteiger charge is -2.12. The zero-order valence-corrected chi connectivity index (χ0v) is 14.2. The first-order valence-electron chi connectivity index (χ1n) is 6.94. The van der Waals surface area contributed by atoms with Crippen molar-refractivity contribution in [3.05, 3.63) is 47.6 Å². The molecule has 0 radical (unpaired) electrons. The topological polar surface area (TPSA) is 98.7 Å². The maximum absolute atomic E-state index is 12.2. The van der Waals surface area contributed by atoms with Crippen molar-refractivity contribution in [3.63, 3.8) is 0 Å². The molecule has 0 saturated carbocycles. The first kappa shape index (κ1) is 16.5. The third kappa shape index (κ3) is 3.92. The van der Waals surface area contributed by atoms with Gasteiger partial charge in [-0.05, 0) is 12.1 Å². The summed E-state index contributed by atoms with van der Waals surface area (Å²) in [4.78, 5) is 20.1. The molecule has 10 heteroatoms. The van der Waals surface area contributed by atoms with Crippen molar-refractivity contribution in [3.8, 4) is 5.69 Å². The Balaban J connectivity index is 1.63. The Morgan fingerprint density at radius 2 is 2.33 bits per heavy atom. The Hall–Kier alpha value is -2.39. The summed E-state index contributed by atoms with van der Waals surface area (Å²) in [6, 6.07) is 5.24. The molecule has 24 heavy (non-hydrogen) atoms. The minimum Gasteiger partial charge on any atom is -0.340 e. The fraction of sp³-hybridized carbons (Fsp3) is 0.214. The lowest BCUT2D eigenvalue weighted by atomic mass is 10.2. The normalized spacial score (nSPS) is 10.8. The number of amides is 1. The lowest BCUT2D eigenvalue weighted by molar-refractivity contribution is -0.113. The number of halogens is 1. The number of nitrogens with zero attached hydrogens (tertiary/aromatic N) is 5. The number of nitrogens with one attached hydrogen (secondary N) is 1. The van der Waals surface area contributed by atoms with Gasteiger partial charge in [0.2, 0.25) is 11.8 Å². The third-order valence-electron chi connectivity index (χ3n) is 2.94. The molecule has 124 valence electrons. The number of aryl methyl sites for hydroxylation is 1. The lowest BCUT2D eigenvalue weighted by Crippen LogP contribution is -2.16. The van der Waals surface area contributed by atoms with Gasteiger partial charge in [0.1, 0.15) is 18.3 Å². The molecule has 0 aliphatic heterocycles. The number of benzene rings is 1. The first-order valence-corrected chi connectivity index (χ1v) is 8.47.